The highest BCUT2D eigenvalue weighted by molar-refractivity contribution is 5.99. The highest BCUT2D eigenvalue weighted by atomic mass is 16.6. The fourth-order valence-corrected chi connectivity index (χ4v) is 8.54. The van der Waals surface area contributed by atoms with E-state index in [1.165, 1.54) is 7.11 Å². The van der Waals surface area contributed by atoms with Gasteiger partial charge in [-0.05, 0) is 101 Å². The van der Waals surface area contributed by atoms with E-state index in [0.29, 0.717) is 44.2 Å². The lowest BCUT2D eigenvalue weighted by atomic mass is 9.45. The fraction of sp³-hybridized carbons (Fsp3) is 0.893. The molecule has 0 amide bonds. The van der Waals surface area contributed by atoms with Crippen LogP contribution in [0.25, 0.3) is 0 Å². The molecule has 0 saturated heterocycles. The lowest BCUT2D eigenvalue weighted by molar-refractivity contribution is -0.172. The normalized spacial score (nSPS) is 46.3. The van der Waals surface area contributed by atoms with Crippen molar-refractivity contribution in [2.75, 3.05) is 7.11 Å². The van der Waals surface area contributed by atoms with Crippen molar-refractivity contribution in [1.29, 1.82) is 0 Å². The van der Waals surface area contributed by atoms with Gasteiger partial charge in [0.15, 0.2) is 0 Å². The quantitative estimate of drug-likeness (QED) is 0.302. The summed E-state index contributed by atoms with van der Waals surface area (Å²) in [5.74, 6) is -0.440. The Morgan fingerprint density at radius 2 is 1.75 bits per heavy atom. The maximum atomic E-state index is 12.4. The first kappa shape index (κ1) is 28.0. The van der Waals surface area contributed by atoms with E-state index >= 15 is 0 Å². The van der Waals surface area contributed by atoms with E-state index in [0.717, 1.165) is 12.0 Å². The molecule has 206 valence electrons. The van der Waals surface area contributed by atoms with E-state index in [-0.39, 0.29) is 24.2 Å². The van der Waals surface area contributed by atoms with E-state index in [1.807, 2.05) is 13.0 Å². The lowest BCUT2D eigenvalue weighted by Crippen LogP contribution is -2.62. The standard InChI is InChI=1S/C28H47NO7/c1-24(2,33)10-9-23(32)27(5,34)22-8-12-28(35)17-13-19(29-36-6)18-14-20(30)21(31)15-25(18,3)16(17)7-11-26(22,28)4/h13,16,18,20-23,30-35H,7-12,14-15H2,1-6H3/t16?,18?,20?,21?,22?,23-,25?,26?,27-,28?/m1/s1. The molecule has 6 N–H and O–H groups in total. The molecule has 0 bridgehead atoms. The Morgan fingerprint density at radius 1 is 1.08 bits per heavy atom. The second-order valence-corrected chi connectivity index (χ2v) is 13.5. The number of oxime groups is 1. The number of hydrogen-bond donors (Lipinski definition) is 6. The number of hydrogen-bond acceptors (Lipinski definition) is 8. The van der Waals surface area contributed by atoms with Crippen molar-refractivity contribution in [2.24, 2.45) is 33.7 Å². The van der Waals surface area contributed by atoms with Gasteiger partial charge in [-0.3, -0.25) is 0 Å². The molecule has 0 aromatic carbocycles. The van der Waals surface area contributed by atoms with E-state index < -0.39 is 45.9 Å². The third-order valence-electron chi connectivity index (χ3n) is 10.7. The van der Waals surface area contributed by atoms with Crippen molar-refractivity contribution in [3.63, 3.8) is 0 Å². The largest absolute Gasteiger partial charge is 0.399 e. The predicted molar refractivity (Wildman–Crippen MR) is 136 cm³/mol. The summed E-state index contributed by atoms with van der Waals surface area (Å²) in [5, 5.41) is 70.6. The molecule has 10 atom stereocenters. The first-order valence-corrected chi connectivity index (χ1v) is 13.6. The minimum absolute atomic E-state index is 0.00217. The zero-order valence-corrected chi connectivity index (χ0v) is 22.7. The summed E-state index contributed by atoms with van der Waals surface area (Å²) in [6, 6.07) is 0. The molecule has 4 aliphatic rings. The molecule has 0 spiro atoms. The van der Waals surface area contributed by atoms with Crippen LogP contribution in [-0.4, -0.2) is 78.6 Å². The Labute approximate surface area is 215 Å². The van der Waals surface area contributed by atoms with Gasteiger partial charge in [0.05, 0.1) is 40.8 Å². The molecule has 3 fully saturated rings. The Bertz CT molecular complexity index is 910. The molecule has 36 heavy (non-hydrogen) atoms. The minimum Gasteiger partial charge on any atom is -0.399 e. The van der Waals surface area contributed by atoms with Gasteiger partial charge in [-0.25, -0.2) is 0 Å². The third-order valence-corrected chi connectivity index (χ3v) is 10.7. The van der Waals surface area contributed by atoms with Gasteiger partial charge < -0.3 is 35.5 Å². The maximum Gasteiger partial charge on any atom is 0.106 e. The molecule has 8 nitrogen and oxygen atoms in total. The first-order chi connectivity index (χ1) is 16.5. The third kappa shape index (κ3) is 4.16. The van der Waals surface area contributed by atoms with Crippen LogP contribution in [0, 0.1) is 28.6 Å². The molecule has 0 heterocycles. The van der Waals surface area contributed by atoms with Crippen LogP contribution in [0.5, 0.6) is 0 Å². The fourth-order valence-electron chi connectivity index (χ4n) is 8.54. The summed E-state index contributed by atoms with van der Waals surface area (Å²) in [5.41, 5.74) is -3.11. The maximum absolute atomic E-state index is 12.4. The second kappa shape index (κ2) is 9.02. The minimum atomic E-state index is -1.44. The van der Waals surface area contributed by atoms with Gasteiger partial charge in [-0.1, -0.05) is 19.0 Å². The molecule has 0 aliphatic heterocycles. The van der Waals surface area contributed by atoms with Gasteiger partial charge in [0.25, 0.3) is 0 Å². The zero-order valence-electron chi connectivity index (χ0n) is 22.7. The van der Waals surface area contributed by atoms with Crippen LogP contribution in [0.4, 0.5) is 0 Å². The topological polar surface area (TPSA) is 143 Å². The van der Waals surface area contributed by atoms with Crippen LogP contribution < -0.4 is 0 Å². The van der Waals surface area contributed by atoms with Crippen molar-refractivity contribution < 1.29 is 35.5 Å². The lowest BCUT2D eigenvalue weighted by Gasteiger charge is -2.61. The van der Waals surface area contributed by atoms with Crippen LogP contribution in [0.3, 0.4) is 0 Å². The van der Waals surface area contributed by atoms with Crippen molar-refractivity contribution in [1.82, 2.24) is 0 Å². The van der Waals surface area contributed by atoms with Gasteiger partial charge in [0.2, 0.25) is 0 Å². The monoisotopic (exact) mass is 509 g/mol. The van der Waals surface area contributed by atoms with Gasteiger partial charge >= 0.3 is 0 Å². The van der Waals surface area contributed by atoms with Gasteiger partial charge in [-0.2, -0.15) is 0 Å². The number of allylic oxidation sites excluding steroid dienone is 1. The van der Waals surface area contributed by atoms with E-state index in [9.17, 15) is 30.6 Å². The van der Waals surface area contributed by atoms with Crippen molar-refractivity contribution in [3.8, 4) is 0 Å². The van der Waals surface area contributed by atoms with Gasteiger partial charge in [-0.15, -0.1) is 0 Å². The molecule has 4 rings (SSSR count). The summed E-state index contributed by atoms with van der Waals surface area (Å²) >= 11 is 0. The SMILES string of the molecule is CON=C1C=C2C(CCC3(C)C([C@@](C)(O)[C@H](O)CCC(C)(C)O)CCC23O)C2(C)CC(O)C(O)CC12. The summed E-state index contributed by atoms with van der Waals surface area (Å²) in [4.78, 5) is 5.17. The average molecular weight is 510 g/mol. The summed E-state index contributed by atoms with van der Waals surface area (Å²) < 4.78 is 0. The average Bonchev–Trinajstić information content (AvgIpc) is 3.05. The number of nitrogens with zero attached hydrogens (tertiary/aromatic N) is 1. The molecular weight excluding hydrogens is 462 g/mol. The number of rotatable bonds is 6. The molecule has 8 heteroatoms. The van der Waals surface area contributed by atoms with Crippen LogP contribution in [0.1, 0.15) is 86.0 Å². The number of aliphatic hydroxyl groups excluding tert-OH is 3. The van der Waals surface area contributed by atoms with E-state index in [2.05, 4.69) is 12.1 Å². The molecule has 0 aromatic rings. The van der Waals surface area contributed by atoms with E-state index in [4.69, 9.17) is 4.84 Å². The predicted octanol–water partition coefficient (Wildman–Crippen LogP) is 2.29. The van der Waals surface area contributed by atoms with Gasteiger partial charge in [0.1, 0.15) is 7.11 Å². The molecular formula is C28H47NO7. The highest BCUT2D eigenvalue weighted by Gasteiger charge is 2.69. The second-order valence-electron chi connectivity index (χ2n) is 13.5. The molecule has 3 saturated carbocycles. The zero-order chi connectivity index (χ0) is 26.9. The van der Waals surface area contributed by atoms with Crippen LogP contribution >= 0.6 is 0 Å². The molecule has 8 unspecified atom stereocenters. The van der Waals surface area contributed by atoms with Crippen molar-refractivity contribution in [3.05, 3.63) is 11.6 Å². The summed E-state index contributed by atoms with van der Waals surface area (Å²) in [6.07, 6.45) is 3.13. The van der Waals surface area contributed by atoms with Crippen molar-refractivity contribution >= 4 is 5.71 Å². The summed E-state index contributed by atoms with van der Waals surface area (Å²) in [6.45, 7) is 9.20. The first-order valence-electron chi connectivity index (χ1n) is 13.6. The molecule has 0 radical (unpaired) electrons. The highest BCUT2D eigenvalue weighted by Crippen LogP contribution is 2.68. The molecule has 0 aromatic heterocycles. The van der Waals surface area contributed by atoms with Crippen LogP contribution in [0.2, 0.25) is 0 Å². The Hall–Kier alpha value is -1.03. The Morgan fingerprint density at radius 3 is 2.36 bits per heavy atom. The van der Waals surface area contributed by atoms with Gasteiger partial charge in [0, 0.05) is 11.3 Å². The molecule has 4 aliphatic carbocycles. The number of aliphatic hydroxyl groups is 6. The summed E-state index contributed by atoms with van der Waals surface area (Å²) in [7, 11) is 1.49. The Balaban J connectivity index is 1.71. The van der Waals surface area contributed by atoms with Crippen LogP contribution in [-0.2, 0) is 4.84 Å². The smallest absolute Gasteiger partial charge is 0.106 e. The Kier molecular flexibility index (Phi) is 7.02. The number of fused-ring (bicyclic) bond motifs is 5. The van der Waals surface area contributed by atoms with Crippen molar-refractivity contribution in [2.45, 2.75) is 121 Å². The van der Waals surface area contributed by atoms with Crippen LogP contribution in [0.15, 0.2) is 16.8 Å². The van der Waals surface area contributed by atoms with E-state index in [1.54, 1.807) is 20.8 Å².